The second kappa shape index (κ2) is 55.4. The molecular weight excluding hydrogens is 829 g/mol. The molecule has 0 aromatic carbocycles. The molecule has 0 amide bonds. The lowest BCUT2D eigenvalue weighted by Gasteiger charge is -2.18. The van der Waals surface area contributed by atoms with Gasteiger partial charge in [-0.1, -0.05) is 248 Å². The van der Waals surface area contributed by atoms with Crippen molar-refractivity contribution in [3.8, 4) is 0 Å². The van der Waals surface area contributed by atoms with E-state index >= 15 is 0 Å². The number of ether oxygens (including phenoxy) is 3. The van der Waals surface area contributed by atoms with E-state index in [0.717, 1.165) is 89.9 Å². The highest BCUT2D eigenvalue weighted by Crippen LogP contribution is 2.16. The lowest BCUT2D eigenvalue weighted by atomic mass is 10.0. The summed E-state index contributed by atoms with van der Waals surface area (Å²) in [5.41, 5.74) is 0. The van der Waals surface area contributed by atoms with Crippen LogP contribution < -0.4 is 0 Å². The lowest BCUT2D eigenvalue weighted by Crippen LogP contribution is -2.30. The van der Waals surface area contributed by atoms with Crippen molar-refractivity contribution in [2.45, 2.75) is 284 Å². The number of hydrogen-bond donors (Lipinski definition) is 0. The Morgan fingerprint density at radius 2 is 0.597 bits per heavy atom. The first-order valence-corrected chi connectivity index (χ1v) is 28.4. The van der Waals surface area contributed by atoms with Crippen LogP contribution in [0.3, 0.4) is 0 Å². The summed E-state index contributed by atoms with van der Waals surface area (Å²) in [6.45, 7) is 6.41. The van der Waals surface area contributed by atoms with Gasteiger partial charge in [0.05, 0.1) is 0 Å². The van der Waals surface area contributed by atoms with Crippen LogP contribution in [0.1, 0.15) is 278 Å². The second-order valence-electron chi connectivity index (χ2n) is 18.8. The van der Waals surface area contributed by atoms with Gasteiger partial charge in [0.2, 0.25) is 0 Å². The van der Waals surface area contributed by atoms with E-state index in [4.69, 9.17) is 14.2 Å². The van der Waals surface area contributed by atoms with Gasteiger partial charge in [-0.25, -0.2) is 0 Å². The molecule has 0 aliphatic heterocycles. The van der Waals surface area contributed by atoms with Crippen LogP contribution in [0.5, 0.6) is 0 Å². The fraction of sp³-hybridized carbons (Fsp3) is 0.754. The van der Waals surface area contributed by atoms with E-state index < -0.39 is 6.10 Å². The van der Waals surface area contributed by atoms with Gasteiger partial charge < -0.3 is 14.2 Å². The predicted molar refractivity (Wildman–Crippen MR) is 288 cm³/mol. The normalized spacial score (nSPS) is 12.6. The van der Waals surface area contributed by atoms with Crippen molar-refractivity contribution in [3.05, 3.63) is 72.9 Å². The van der Waals surface area contributed by atoms with E-state index in [1.807, 2.05) is 0 Å². The van der Waals surface area contributed by atoms with Gasteiger partial charge >= 0.3 is 17.9 Å². The molecule has 0 radical (unpaired) electrons. The van der Waals surface area contributed by atoms with Crippen molar-refractivity contribution in [1.29, 1.82) is 0 Å². The van der Waals surface area contributed by atoms with E-state index in [9.17, 15) is 14.4 Å². The second-order valence-corrected chi connectivity index (χ2v) is 18.8. The fourth-order valence-corrected chi connectivity index (χ4v) is 7.94. The average molecular weight is 936 g/mol. The Bertz CT molecular complexity index is 1260. The van der Waals surface area contributed by atoms with Crippen molar-refractivity contribution in [2.24, 2.45) is 0 Å². The van der Waals surface area contributed by atoms with E-state index in [1.165, 1.54) is 141 Å². The van der Waals surface area contributed by atoms with E-state index in [1.54, 1.807) is 0 Å². The summed E-state index contributed by atoms with van der Waals surface area (Å²) in [5.74, 6) is -0.965. The monoisotopic (exact) mass is 935 g/mol. The van der Waals surface area contributed by atoms with Crippen LogP contribution in [0.25, 0.3) is 0 Å². The van der Waals surface area contributed by atoms with Crippen LogP contribution in [0.4, 0.5) is 0 Å². The number of hydrogen-bond acceptors (Lipinski definition) is 6. The van der Waals surface area contributed by atoms with Gasteiger partial charge in [0.25, 0.3) is 0 Å². The zero-order valence-electron chi connectivity index (χ0n) is 44.2. The highest BCUT2D eigenvalue weighted by atomic mass is 16.6. The molecule has 6 heteroatoms. The predicted octanol–water partition coefficient (Wildman–Crippen LogP) is 19.0. The fourth-order valence-electron chi connectivity index (χ4n) is 7.94. The number of carbonyl (C=O) groups excluding carboxylic acids is 3. The molecule has 0 rings (SSSR count). The molecule has 0 heterocycles. The van der Waals surface area contributed by atoms with E-state index in [2.05, 4.69) is 93.7 Å². The first-order chi connectivity index (χ1) is 33.0. The molecule has 0 N–H and O–H groups in total. The number of unbranched alkanes of at least 4 members (excludes halogenated alkanes) is 28. The number of rotatable bonds is 51. The smallest absolute Gasteiger partial charge is 0.306 e. The average Bonchev–Trinajstić information content (AvgIpc) is 3.33. The van der Waals surface area contributed by atoms with Crippen LogP contribution in [0.2, 0.25) is 0 Å². The van der Waals surface area contributed by atoms with Crippen molar-refractivity contribution >= 4 is 17.9 Å². The molecule has 0 spiro atoms. The highest BCUT2D eigenvalue weighted by molar-refractivity contribution is 5.71. The third kappa shape index (κ3) is 53.7. The van der Waals surface area contributed by atoms with Crippen LogP contribution >= 0.6 is 0 Å². The summed E-state index contributed by atoms with van der Waals surface area (Å²) in [4.78, 5) is 37.7. The first kappa shape index (κ1) is 63.8. The maximum Gasteiger partial charge on any atom is 0.306 e. The summed E-state index contributed by atoms with van der Waals surface area (Å²) in [7, 11) is 0. The number of carbonyl (C=O) groups is 3. The third-order valence-electron chi connectivity index (χ3n) is 12.2. The Kier molecular flexibility index (Phi) is 52.8. The SMILES string of the molecule is CC/C=C\C/C=C\C/C=C\C/C=C\C/C=C\CCCC(=O)OC(COC(=O)CCCCCCC)COC(=O)CCCCCCCCCCCCCCCCC/C=C\CCCCCCCCCC. The van der Waals surface area contributed by atoms with Crippen LogP contribution in [0.15, 0.2) is 72.9 Å². The Morgan fingerprint density at radius 3 is 0.970 bits per heavy atom. The van der Waals surface area contributed by atoms with Gasteiger partial charge in [-0.15, -0.1) is 0 Å². The standard InChI is InChI=1S/C61H106O6/c1-4-7-10-13-15-17-19-21-23-25-26-27-28-29-30-31-32-33-34-36-37-39-41-43-45-48-51-54-60(63)66-57-58(56-65-59(62)53-50-47-12-9-6-3)67-61(64)55-52-49-46-44-42-40-38-35-24-22-20-18-16-14-11-8-5-2/h8,11,16,18,22,24-26,38,40,44,46,58H,4-7,9-10,12-15,17,19-21,23,27-37,39,41-43,45,47-57H2,1-3H3/b11-8-,18-16-,24-22-,26-25-,40-38-,46-44-. The molecule has 386 valence electrons. The minimum absolute atomic E-state index is 0.0968. The Balaban J connectivity index is 4.09. The van der Waals surface area contributed by atoms with E-state index in [-0.39, 0.29) is 37.5 Å². The lowest BCUT2D eigenvalue weighted by molar-refractivity contribution is -0.167. The molecule has 0 aliphatic carbocycles. The largest absolute Gasteiger partial charge is 0.462 e. The zero-order valence-corrected chi connectivity index (χ0v) is 44.2. The summed E-state index contributed by atoms with van der Waals surface area (Å²) in [6.07, 6.45) is 71.0. The molecule has 0 bridgehead atoms. The van der Waals surface area contributed by atoms with Gasteiger partial charge in [-0.3, -0.25) is 14.4 Å². The highest BCUT2D eigenvalue weighted by Gasteiger charge is 2.19. The molecule has 1 unspecified atom stereocenters. The van der Waals surface area contributed by atoms with Gasteiger partial charge in [0, 0.05) is 19.3 Å². The van der Waals surface area contributed by atoms with Crippen LogP contribution in [0, 0.1) is 0 Å². The summed E-state index contributed by atoms with van der Waals surface area (Å²) in [5, 5.41) is 0. The van der Waals surface area contributed by atoms with Gasteiger partial charge in [-0.2, -0.15) is 0 Å². The summed E-state index contributed by atoms with van der Waals surface area (Å²) < 4.78 is 16.6. The molecule has 0 aromatic rings. The van der Waals surface area contributed by atoms with Gasteiger partial charge in [0.1, 0.15) is 13.2 Å². The minimum atomic E-state index is -0.800. The van der Waals surface area contributed by atoms with Crippen molar-refractivity contribution < 1.29 is 28.6 Å². The molecule has 0 aliphatic rings. The molecular formula is C61H106O6. The zero-order chi connectivity index (χ0) is 48.6. The summed E-state index contributed by atoms with van der Waals surface area (Å²) >= 11 is 0. The molecule has 1 atom stereocenters. The molecule has 67 heavy (non-hydrogen) atoms. The topological polar surface area (TPSA) is 78.9 Å². The Labute approximate surface area is 414 Å². The quantitative estimate of drug-likeness (QED) is 0.0262. The maximum absolute atomic E-state index is 12.7. The molecule has 6 nitrogen and oxygen atoms in total. The first-order valence-electron chi connectivity index (χ1n) is 28.4. The molecule has 0 saturated carbocycles. The number of esters is 3. The maximum atomic E-state index is 12.7. The van der Waals surface area contributed by atoms with Crippen molar-refractivity contribution in [1.82, 2.24) is 0 Å². The molecule has 0 aromatic heterocycles. The summed E-state index contributed by atoms with van der Waals surface area (Å²) in [6, 6.07) is 0. The van der Waals surface area contributed by atoms with E-state index in [0.29, 0.717) is 19.3 Å². The Hall–Kier alpha value is -3.15. The van der Waals surface area contributed by atoms with Crippen LogP contribution in [-0.4, -0.2) is 37.2 Å². The minimum Gasteiger partial charge on any atom is -0.462 e. The third-order valence-corrected chi connectivity index (χ3v) is 12.2. The number of allylic oxidation sites excluding steroid dienone is 12. The molecule has 0 fully saturated rings. The van der Waals surface area contributed by atoms with Gasteiger partial charge in [-0.05, 0) is 83.5 Å². The van der Waals surface area contributed by atoms with Crippen molar-refractivity contribution in [3.63, 3.8) is 0 Å². The Morgan fingerprint density at radius 1 is 0.313 bits per heavy atom. The van der Waals surface area contributed by atoms with Gasteiger partial charge in [0.15, 0.2) is 6.10 Å². The van der Waals surface area contributed by atoms with Crippen LogP contribution in [-0.2, 0) is 28.6 Å². The van der Waals surface area contributed by atoms with Crippen molar-refractivity contribution in [2.75, 3.05) is 13.2 Å². The molecule has 0 saturated heterocycles.